The fourth-order valence-electron chi connectivity index (χ4n) is 2.85. The van der Waals surface area contributed by atoms with Gasteiger partial charge in [0.2, 0.25) is 0 Å². The van der Waals surface area contributed by atoms with E-state index in [-0.39, 0.29) is 16.4 Å². The molecule has 3 aromatic rings. The molecule has 0 aliphatic heterocycles. The molecule has 0 unspecified atom stereocenters. The zero-order chi connectivity index (χ0) is 20.5. The normalized spacial score (nSPS) is 12.8. The van der Waals surface area contributed by atoms with Crippen LogP contribution in [0.5, 0.6) is 0 Å². The Hall–Kier alpha value is -2.11. The Morgan fingerprint density at radius 1 is 1.04 bits per heavy atom. The fourth-order valence-corrected chi connectivity index (χ4v) is 3.87. The molecule has 1 aromatic heterocycles. The molecule has 1 atom stereocenters. The maximum absolute atomic E-state index is 12.8. The first kappa shape index (κ1) is 20.6. The molecule has 0 aliphatic rings. The fraction of sp³-hybridized carbons (Fsp3) is 0.318. The Labute approximate surface area is 175 Å². The van der Waals surface area contributed by atoms with Crippen molar-refractivity contribution in [3.05, 3.63) is 64.7 Å². The minimum atomic E-state index is -0.263. The van der Waals surface area contributed by atoms with Gasteiger partial charge in [-0.2, -0.15) is 0 Å². The van der Waals surface area contributed by atoms with Gasteiger partial charge < -0.3 is 4.57 Å². The van der Waals surface area contributed by atoms with E-state index in [9.17, 15) is 4.79 Å². The molecule has 28 heavy (non-hydrogen) atoms. The van der Waals surface area contributed by atoms with E-state index in [2.05, 4.69) is 31.0 Å². The molecule has 0 fully saturated rings. The third kappa shape index (κ3) is 4.47. The Balaban J connectivity index is 1.75. The second kappa shape index (κ2) is 8.10. The number of benzene rings is 2. The monoisotopic (exact) mass is 413 g/mol. The molecule has 3 rings (SSSR count). The smallest absolute Gasteiger partial charge is 0.191 e. The summed E-state index contributed by atoms with van der Waals surface area (Å²) in [6.45, 7) is 8.39. The summed E-state index contributed by atoms with van der Waals surface area (Å²) in [4.78, 5) is 12.8. The molecule has 0 radical (unpaired) electrons. The average molecular weight is 414 g/mol. The van der Waals surface area contributed by atoms with Gasteiger partial charge in [-0.3, -0.25) is 4.79 Å². The van der Waals surface area contributed by atoms with E-state index in [4.69, 9.17) is 11.6 Å². The van der Waals surface area contributed by atoms with Crippen LogP contribution in [0, 0.1) is 0 Å². The van der Waals surface area contributed by atoms with Crippen LogP contribution in [0.25, 0.3) is 11.4 Å². The molecule has 146 valence electrons. The number of carbonyl (C=O) groups excluding carboxylic acids is 1. The predicted octanol–water partition coefficient (Wildman–Crippen LogP) is 5.80. The largest absolute Gasteiger partial charge is 0.305 e. The van der Waals surface area contributed by atoms with Crippen molar-refractivity contribution in [1.29, 1.82) is 0 Å². The topological polar surface area (TPSA) is 47.8 Å². The first-order valence-electron chi connectivity index (χ1n) is 9.13. The summed E-state index contributed by atoms with van der Waals surface area (Å²) >= 11 is 7.37. The van der Waals surface area contributed by atoms with E-state index in [1.165, 1.54) is 17.3 Å². The number of rotatable bonds is 5. The maximum Gasteiger partial charge on any atom is 0.191 e. The van der Waals surface area contributed by atoms with Crippen molar-refractivity contribution in [3.63, 3.8) is 0 Å². The number of ketones is 1. The number of thioether (sulfide) groups is 1. The van der Waals surface area contributed by atoms with Crippen LogP contribution in [0.1, 0.15) is 43.6 Å². The van der Waals surface area contributed by atoms with Gasteiger partial charge in [0, 0.05) is 23.2 Å². The van der Waals surface area contributed by atoms with Gasteiger partial charge in [-0.25, -0.2) is 0 Å². The summed E-state index contributed by atoms with van der Waals surface area (Å²) in [5.41, 5.74) is 2.93. The van der Waals surface area contributed by atoms with Crippen LogP contribution in [0.3, 0.4) is 0 Å². The van der Waals surface area contributed by atoms with Crippen molar-refractivity contribution in [2.24, 2.45) is 7.05 Å². The highest BCUT2D eigenvalue weighted by Gasteiger charge is 2.21. The lowest BCUT2D eigenvalue weighted by Gasteiger charge is -2.19. The Morgan fingerprint density at radius 2 is 1.64 bits per heavy atom. The van der Waals surface area contributed by atoms with Crippen LogP contribution in [0.15, 0.2) is 53.7 Å². The van der Waals surface area contributed by atoms with Crippen molar-refractivity contribution in [1.82, 2.24) is 14.8 Å². The number of halogens is 1. The summed E-state index contributed by atoms with van der Waals surface area (Å²) in [7, 11) is 1.90. The third-order valence-corrected chi connectivity index (χ3v) is 6.01. The third-order valence-electron chi connectivity index (χ3n) is 4.62. The first-order valence-corrected chi connectivity index (χ1v) is 10.4. The highest BCUT2D eigenvalue weighted by molar-refractivity contribution is 8.00. The number of hydrogen-bond donors (Lipinski definition) is 0. The van der Waals surface area contributed by atoms with Crippen LogP contribution >= 0.6 is 23.4 Å². The van der Waals surface area contributed by atoms with Crippen molar-refractivity contribution >= 4 is 29.1 Å². The Bertz CT molecular complexity index is 973. The van der Waals surface area contributed by atoms with E-state index in [0.29, 0.717) is 15.7 Å². The van der Waals surface area contributed by atoms with E-state index in [0.717, 1.165) is 11.4 Å². The predicted molar refractivity (Wildman–Crippen MR) is 116 cm³/mol. The highest BCUT2D eigenvalue weighted by atomic mass is 35.5. The molecule has 2 aromatic carbocycles. The number of nitrogens with zero attached hydrogens (tertiary/aromatic N) is 3. The number of aromatic nitrogens is 3. The van der Waals surface area contributed by atoms with Gasteiger partial charge in [-0.1, -0.05) is 68.4 Å². The molecule has 0 saturated heterocycles. The molecule has 0 aliphatic carbocycles. The highest BCUT2D eigenvalue weighted by Crippen LogP contribution is 2.29. The Kier molecular flexibility index (Phi) is 5.96. The minimum Gasteiger partial charge on any atom is -0.305 e. The molecule has 4 nitrogen and oxygen atoms in total. The summed E-state index contributed by atoms with van der Waals surface area (Å²) in [5, 5.41) is 9.67. The minimum absolute atomic E-state index is 0.0681. The molecule has 6 heteroatoms. The van der Waals surface area contributed by atoms with E-state index >= 15 is 0 Å². The van der Waals surface area contributed by atoms with Crippen LogP contribution in [0.2, 0.25) is 5.02 Å². The summed E-state index contributed by atoms with van der Waals surface area (Å²) in [6.07, 6.45) is 0. The first-order chi connectivity index (χ1) is 13.2. The molecule has 0 bridgehead atoms. The van der Waals surface area contributed by atoms with Crippen molar-refractivity contribution < 1.29 is 4.79 Å². The van der Waals surface area contributed by atoms with Crippen LogP contribution < -0.4 is 0 Å². The van der Waals surface area contributed by atoms with Crippen molar-refractivity contribution in [3.8, 4) is 11.4 Å². The summed E-state index contributed by atoms with van der Waals surface area (Å²) < 4.78 is 1.90. The quantitative estimate of drug-likeness (QED) is 0.392. The van der Waals surface area contributed by atoms with E-state index in [1.54, 1.807) is 0 Å². The lowest BCUT2D eigenvalue weighted by molar-refractivity contribution is 0.0994. The lowest BCUT2D eigenvalue weighted by atomic mass is 9.86. The van der Waals surface area contributed by atoms with Crippen molar-refractivity contribution in [2.45, 2.75) is 43.5 Å². The van der Waals surface area contributed by atoms with Gasteiger partial charge in [0.15, 0.2) is 16.8 Å². The zero-order valence-corrected chi connectivity index (χ0v) is 18.3. The molecule has 1 heterocycles. The molecular weight excluding hydrogens is 390 g/mol. The molecule has 0 spiro atoms. The SMILES string of the molecule is C[C@@H](Sc1nnc(-c2ccc(Cl)cc2)n1C)C(=O)c1ccc(C(C)(C)C)cc1. The lowest BCUT2D eigenvalue weighted by Crippen LogP contribution is -2.16. The van der Waals surface area contributed by atoms with Crippen LogP contribution in [-0.2, 0) is 12.5 Å². The Morgan fingerprint density at radius 3 is 2.21 bits per heavy atom. The van der Waals surface area contributed by atoms with Gasteiger partial charge in [0.25, 0.3) is 0 Å². The van der Waals surface area contributed by atoms with Crippen molar-refractivity contribution in [2.75, 3.05) is 0 Å². The molecule has 0 saturated carbocycles. The average Bonchev–Trinajstić information content (AvgIpc) is 3.01. The van der Waals surface area contributed by atoms with Gasteiger partial charge in [-0.15, -0.1) is 10.2 Å². The summed E-state index contributed by atoms with van der Waals surface area (Å²) in [5.74, 6) is 0.829. The van der Waals surface area contributed by atoms with Gasteiger partial charge in [-0.05, 0) is 42.2 Å². The number of hydrogen-bond acceptors (Lipinski definition) is 4. The molecule has 0 amide bonds. The zero-order valence-electron chi connectivity index (χ0n) is 16.7. The maximum atomic E-state index is 12.8. The van der Waals surface area contributed by atoms with Gasteiger partial charge in [0.1, 0.15) is 0 Å². The summed E-state index contributed by atoms with van der Waals surface area (Å²) in [6, 6.07) is 15.4. The molecule has 0 N–H and O–H groups in total. The van der Waals surface area contributed by atoms with Crippen LogP contribution in [-0.4, -0.2) is 25.8 Å². The number of carbonyl (C=O) groups is 1. The second-order valence-corrected chi connectivity index (χ2v) is 9.57. The van der Waals surface area contributed by atoms with Gasteiger partial charge >= 0.3 is 0 Å². The standard InChI is InChI=1S/C22H24ClN3OS/c1-14(19(27)15-6-10-17(11-7-15)22(2,3)4)28-21-25-24-20(26(21)5)16-8-12-18(23)13-9-16/h6-14H,1-5H3/t14-/m1/s1. The molecular formula is C22H24ClN3OS. The number of Topliss-reactive ketones (excluding diaryl/α,β-unsaturated/α-hetero) is 1. The van der Waals surface area contributed by atoms with Gasteiger partial charge in [0.05, 0.1) is 5.25 Å². The van der Waals surface area contributed by atoms with Crippen LogP contribution in [0.4, 0.5) is 0 Å². The second-order valence-electron chi connectivity index (χ2n) is 7.82. The van der Waals surface area contributed by atoms with E-state index < -0.39 is 0 Å². The van der Waals surface area contributed by atoms with E-state index in [1.807, 2.05) is 67.1 Å².